The van der Waals surface area contributed by atoms with Gasteiger partial charge in [-0.15, -0.1) is 0 Å². The van der Waals surface area contributed by atoms with E-state index < -0.39 is 5.60 Å². The Balaban J connectivity index is 2.37. The highest BCUT2D eigenvalue weighted by Crippen LogP contribution is 2.37. The van der Waals surface area contributed by atoms with Crippen molar-refractivity contribution < 1.29 is 5.11 Å². The van der Waals surface area contributed by atoms with Crippen LogP contribution in [0.5, 0.6) is 0 Å². The first-order valence-corrected chi connectivity index (χ1v) is 6.62. The first-order chi connectivity index (χ1) is 7.47. The number of aliphatic hydroxyl groups is 1. The number of rotatable bonds is 6. The molecule has 3 nitrogen and oxygen atoms in total. The molecule has 1 rings (SSSR count). The Morgan fingerprint density at radius 3 is 2.44 bits per heavy atom. The molecular weight excluding hydrogens is 200 g/mol. The molecule has 1 aliphatic rings. The van der Waals surface area contributed by atoms with Crippen molar-refractivity contribution in [2.45, 2.75) is 52.1 Å². The molecule has 3 N–H and O–H groups in total. The molecule has 0 aromatic rings. The van der Waals surface area contributed by atoms with Gasteiger partial charge in [0.05, 0.1) is 5.60 Å². The van der Waals surface area contributed by atoms with E-state index in [1.54, 1.807) is 0 Å². The Morgan fingerprint density at radius 2 is 2.00 bits per heavy atom. The average Bonchev–Trinajstić information content (AvgIpc) is 2.71. The Hall–Kier alpha value is -0.120. The highest BCUT2D eigenvalue weighted by atomic mass is 16.3. The van der Waals surface area contributed by atoms with Gasteiger partial charge in [-0.2, -0.15) is 0 Å². The summed E-state index contributed by atoms with van der Waals surface area (Å²) in [6, 6.07) is 0. The van der Waals surface area contributed by atoms with Crippen LogP contribution in [0.1, 0.15) is 46.5 Å². The predicted octanol–water partition coefficient (Wildman–Crippen LogP) is 1.60. The van der Waals surface area contributed by atoms with Gasteiger partial charge in [0.1, 0.15) is 0 Å². The summed E-state index contributed by atoms with van der Waals surface area (Å²) in [5, 5.41) is 9.88. The number of nitrogens with two attached hydrogens (primary N) is 1. The molecule has 0 bridgehead atoms. The summed E-state index contributed by atoms with van der Waals surface area (Å²) in [4.78, 5) is 2.48. The molecule has 0 aliphatic carbocycles. The van der Waals surface area contributed by atoms with Crippen LogP contribution in [0.25, 0.3) is 0 Å². The molecule has 1 heterocycles. The summed E-state index contributed by atoms with van der Waals surface area (Å²) in [5.41, 5.74) is 5.37. The van der Waals surface area contributed by atoms with Gasteiger partial charge in [-0.1, -0.05) is 13.8 Å². The van der Waals surface area contributed by atoms with Crippen LogP contribution in [0, 0.1) is 5.41 Å². The molecule has 96 valence electrons. The van der Waals surface area contributed by atoms with Crippen LogP contribution in [0.2, 0.25) is 0 Å². The van der Waals surface area contributed by atoms with Crippen molar-refractivity contribution in [2.24, 2.45) is 11.1 Å². The summed E-state index contributed by atoms with van der Waals surface area (Å²) < 4.78 is 0. The summed E-state index contributed by atoms with van der Waals surface area (Å²) in [6.07, 6.45) is 4.64. The fourth-order valence-corrected chi connectivity index (χ4v) is 2.55. The lowest BCUT2D eigenvalue weighted by Crippen LogP contribution is -2.38. The Kier molecular flexibility index (Phi) is 4.77. The zero-order valence-electron chi connectivity index (χ0n) is 11.1. The van der Waals surface area contributed by atoms with E-state index in [4.69, 9.17) is 5.73 Å². The maximum absolute atomic E-state index is 9.88. The van der Waals surface area contributed by atoms with E-state index in [2.05, 4.69) is 18.7 Å². The maximum Gasteiger partial charge on any atom is 0.0753 e. The molecular formula is C13H28N2O. The molecule has 1 atom stereocenters. The van der Waals surface area contributed by atoms with Gasteiger partial charge in [0.15, 0.2) is 0 Å². The standard InChI is InChI=1S/C13H28N2O/c1-4-13(5-2)7-9-15(11-13)8-6-12(3,16)10-14/h16H,4-11,14H2,1-3H3. The molecule has 0 saturated carbocycles. The predicted molar refractivity (Wildman–Crippen MR) is 68.4 cm³/mol. The van der Waals surface area contributed by atoms with Crippen LogP contribution >= 0.6 is 0 Å². The van der Waals surface area contributed by atoms with E-state index in [9.17, 15) is 5.11 Å². The van der Waals surface area contributed by atoms with Gasteiger partial charge in [-0.3, -0.25) is 0 Å². The molecule has 0 aromatic carbocycles. The van der Waals surface area contributed by atoms with Crippen molar-refractivity contribution in [3.63, 3.8) is 0 Å². The summed E-state index contributed by atoms with van der Waals surface area (Å²) >= 11 is 0. The first kappa shape index (κ1) is 13.9. The minimum Gasteiger partial charge on any atom is -0.389 e. The van der Waals surface area contributed by atoms with Gasteiger partial charge >= 0.3 is 0 Å². The highest BCUT2D eigenvalue weighted by molar-refractivity contribution is 4.88. The lowest BCUT2D eigenvalue weighted by molar-refractivity contribution is 0.0488. The van der Waals surface area contributed by atoms with E-state index >= 15 is 0 Å². The Morgan fingerprint density at radius 1 is 1.38 bits per heavy atom. The molecule has 1 aliphatic heterocycles. The topological polar surface area (TPSA) is 49.5 Å². The van der Waals surface area contributed by atoms with Crippen LogP contribution in [-0.4, -0.2) is 41.8 Å². The monoisotopic (exact) mass is 228 g/mol. The maximum atomic E-state index is 9.88. The van der Waals surface area contributed by atoms with Gasteiger partial charge in [-0.05, 0) is 44.6 Å². The molecule has 1 unspecified atom stereocenters. The number of likely N-dealkylation sites (tertiary alicyclic amines) is 1. The van der Waals surface area contributed by atoms with Crippen molar-refractivity contribution in [1.82, 2.24) is 4.90 Å². The third-order valence-corrected chi connectivity index (χ3v) is 4.42. The third kappa shape index (κ3) is 3.44. The second-order valence-corrected chi connectivity index (χ2v) is 5.68. The molecule has 0 spiro atoms. The summed E-state index contributed by atoms with van der Waals surface area (Å²) in [5.74, 6) is 0. The van der Waals surface area contributed by atoms with Crippen molar-refractivity contribution in [3.05, 3.63) is 0 Å². The van der Waals surface area contributed by atoms with Gasteiger partial charge in [0, 0.05) is 19.6 Å². The summed E-state index contributed by atoms with van der Waals surface area (Å²) in [7, 11) is 0. The molecule has 3 heteroatoms. The van der Waals surface area contributed by atoms with Crippen LogP contribution in [0.4, 0.5) is 0 Å². The van der Waals surface area contributed by atoms with E-state index in [1.165, 1.54) is 32.4 Å². The first-order valence-electron chi connectivity index (χ1n) is 6.62. The number of nitrogens with zero attached hydrogens (tertiary/aromatic N) is 1. The van der Waals surface area contributed by atoms with E-state index in [-0.39, 0.29) is 0 Å². The SMILES string of the molecule is CCC1(CC)CCN(CCC(C)(O)CN)C1. The summed E-state index contributed by atoms with van der Waals surface area (Å²) in [6.45, 7) is 10.1. The van der Waals surface area contributed by atoms with Crippen molar-refractivity contribution in [1.29, 1.82) is 0 Å². The quantitative estimate of drug-likeness (QED) is 0.726. The Labute approximate surface area is 100 Å². The van der Waals surface area contributed by atoms with E-state index in [0.717, 1.165) is 13.0 Å². The molecule has 1 fully saturated rings. The van der Waals surface area contributed by atoms with Crippen molar-refractivity contribution in [2.75, 3.05) is 26.2 Å². The van der Waals surface area contributed by atoms with Gasteiger partial charge < -0.3 is 15.7 Å². The van der Waals surface area contributed by atoms with E-state index in [1.807, 2.05) is 6.92 Å². The molecule has 0 radical (unpaired) electrons. The van der Waals surface area contributed by atoms with Crippen molar-refractivity contribution >= 4 is 0 Å². The molecule has 0 amide bonds. The zero-order chi connectivity index (χ0) is 12.2. The number of hydrogen-bond donors (Lipinski definition) is 2. The second kappa shape index (κ2) is 5.48. The van der Waals surface area contributed by atoms with Gasteiger partial charge in [0.2, 0.25) is 0 Å². The number of hydrogen-bond acceptors (Lipinski definition) is 3. The van der Waals surface area contributed by atoms with Gasteiger partial charge in [-0.25, -0.2) is 0 Å². The van der Waals surface area contributed by atoms with Crippen LogP contribution in [-0.2, 0) is 0 Å². The third-order valence-electron chi connectivity index (χ3n) is 4.42. The highest BCUT2D eigenvalue weighted by Gasteiger charge is 2.35. The minimum absolute atomic E-state index is 0.355. The fraction of sp³-hybridized carbons (Fsp3) is 1.00. The van der Waals surface area contributed by atoms with E-state index in [0.29, 0.717) is 12.0 Å². The largest absolute Gasteiger partial charge is 0.389 e. The van der Waals surface area contributed by atoms with Gasteiger partial charge in [0.25, 0.3) is 0 Å². The molecule has 0 aromatic heterocycles. The average molecular weight is 228 g/mol. The zero-order valence-corrected chi connectivity index (χ0v) is 11.1. The lowest BCUT2D eigenvalue weighted by Gasteiger charge is -2.28. The smallest absolute Gasteiger partial charge is 0.0753 e. The molecule has 1 saturated heterocycles. The fourth-order valence-electron chi connectivity index (χ4n) is 2.55. The van der Waals surface area contributed by atoms with Crippen LogP contribution in [0.15, 0.2) is 0 Å². The normalized spacial score (nSPS) is 24.6. The minimum atomic E-state index is -0.691. The lowest BCUT2D eigenvalue weighted by atomic mass is 9.82. The van der Waals surface area contributed by atoms with Crippen LogP contribution in [0.3, 0.4) is 0 Å². The Bertz CT molecular complexity index is 212. The van der Waals surface area contributed by atoms with Crippen molar-refractivity contribution in [3.8, 4) is 0 Å². The molecule has 16 heavy (non-hydrogen) atoms. The second-order valence-electron chi connectivity index (χ2n) is 5.68. The van der Waals surface area contributed by atoms with Crippen LogP contribution < -0.4 is 5.73 Å².